The minimum Gasteiger partial charge on any atom is -0.377 e. The van der Waals surface area contributed by atoms with E-state index >= 15 is 0 Å². The number of fused-ring (bicyclic) bond motifs is 1. The highest BCUT2D eigenvalue weighted by Crippen LogP contribution is 2.38. The summed E-state index contributed by atoms with van der Waals surface area (Å²) in [7, 11) is 0. The molecule has 5 rings (SSSR count). The van der Waals surface area contributed by atoms with Gasteiger partial charge < -0.3 is 10.1 Å². The van der Waals surface area contributed by atoms with Crippen molar-refractivity contribution >= 4 is 11.5 Å². The maximum absolute atomic E-state index is 12.3. The topological polar surface area (TPSA) is 86.3 Å². The first-order valence-corrected chi connectivity index (χ1v) is 8.52. The van der Waals surface area contributed by atoms with Crippen molar-refractivity contribution in [2.24, 2.45) is 0 Å². The normalized spacial score (nSPS) is 23.2. The van der Waals surface area contributed by atoms with Crippen molar-refractivity contribution < 1.29 is 4.74 Å². The first kappa shape index (κ1) is 14.6. The molecule has 0 radical (unpaired) electrons. The van der Waals surface area contributed by atoms with E-state index in [1.54, 1.807) is 27.7 Å². The van der Waals surface area contributed by atoms with E-state index in [0.717, 1.165) is 30.0 Å². The summed E-state index contributed by atoms with van der Waals surface area (Å²) in [4.78, 5) is 16.5. The van der Waals surface area contributed by atoms with E-state index in [1.165, 1.54) is 0 Å². The molecule has 3 aromatic rings. The highest BCUT2D eigenvalue weighted by Gasteiger charge is 2.33. The Morgan fingerprint density at radius 2 is 2.04 bits per heavy atom. The summed E-state index contributed by atoms with van der Waals surface area (Å²) in [6.07, 6.45) is 5.82. The van der Waals surface area contributed by atoms with E-state index in [-0.39, 0.29) is 17.6 Å². The van der Waals surface area contributed by atoms with E-state index in [1.807, 2.05) is 18.2 Å². The monoisotopic (exact) mass is 338 g/mol. The van der Waals surface area contributed by atoms with Gasteiger partial charge >= 0.3 is 0 Å². The fourth-order valence-corrected chi connectivity index (χ4v) is 3.28. The maximum atomic E-state index is 12.3. The van der Waals surface area contributed by atoms with Crippen molar-refractivity contribution in [1.29, 1.82) is 0 Å². The Labute approximate surface area is 143 Å². The summed E-state index contributed by atoms with van der Waals surface area (Å²) in [5.74, 6) is 1.23. The van der Waals surface area contributed by atoms with Crippen LogP contribution in [-0.4, -0.2) is 43.6 Å². The molecular weight excluding hydrogens is 320 g/mol. The second-order valence-corrected chi connectivity index (χ2v) is 6.62. The van der Waals surface area contributed by atoms with Crippen molar-refractivity contribution in [3.63, 3.8) is 0 Å². The second-order valence-electron chi connectivity index (χ2n) is 6.62. The van der Waals surface area contributed by atoms with Crippen LogP contribution in [0.1, 0.15) is 30.5 Å². The number of hydrogen-bond donors (Lipinski definition) is 1. The number of rotatable bonds is 4. The van der Waals surface area contributed by atoms with Crippen LogP contribution in [0.15, 0.2) is 41.5 Å². The van der Waals surface area contributed by atoms with Crippen molar-refractivity contribution in [3.8, 4) is 0 Å². The number of ether oxygens (including phenoxy) is 1. The van der Waals surface area contributed by atoms with E-state index < -0.39 is 0 Å². The summed E-state index contributed by atoms with van der Waals surface area (Å²) >= 11 is 0. The van der Waals surface area contributed by atoms with Gasteiger partial charge in [-0.05, 0) is 31.0 Å². The highest BCUT2D eigenvalue weighted by atomic mass is 16.5. The van der Waals surface area contributed by atoms with Gasteiger partial charge in [0.1, 0.15) is 11.9 Å². The van der Waals surface area contributed by atoms with Gasteiger partial charge in [0.15, 0.2) is 5.65 Å². The third-order valence-electron chi connectivity index (χ3n) is 4.79. The molecule has 0 amide bonds. The zero-order valence-corrected chi connectivity index (χ0v) is 13.6. The van der Waals surface area contributed by atoms with Gasteiger partial charge in [-0.3, -0.25) is 4.79 Å². The summed E-state index contributed by atoms with van der Waals surface area (Å²) in [6, 6.07) is 7.04. The molecular formula is C17H18N6O2. The average molecular weight is 338 g/mol. The van der Waals surface area contributed by atoms with Gasteiger partial charge in [-0.2, -0.15) is 5.10 Å². The molecule has 0 spiro atoms. The zero-order valence-electron chi connectivity index (χ0n) is 13.6. The standard InChI is InChI=1S/C17H18N6O2/c24-17-6-3-12(11-1-2-11)20-23(17)14-10-25-9-13(14)19-15-4-5-16-18-7-8-22(16)21-15/h3-8,11,13-14H,1-2,9-10H2,(H,19,21). The molecule has 3 aromatic heterocycles. The largest absolute Gasteiger partial charge is 0.377 e. The van der Waals surface area contributed by atoms with Crippen LogP contribution in [0.5, 0.6) is 0 Å². The highest BCUT2D eigenvalue weighted by molar-refractivity contribution is 5.44. The van der Waals surface area contributed by atoms with E-state index in [2.05, 4.69) is 20.5 Å². The molecule has 2 fully saturated rings. The lowest BCUT2D eigenvalue weighted by Gasteiger charge is -2.21. The molecule has 2 aliphatic rings. The van der Waals surface area contributed by atoms with E-state index in [9.17, 15) is 4.79 Å². The fraction of sp³-hybridized carbons (Fsp3) is 0.412. The second kappa shape index (κ2) is 5.66. The molecule has 1 aliphatic carbocycles. The Bertz CT molecular complexity index is 976. The van der Waals surface area contributed by atoms with Crippen molar-refractivity contribution in [1.82, 2.24) is 24.4 Å². The van der Waals surface area contributed by atoms with Crippen LogP contribution in [0.2, 0.25) is 0 Å². The quantitative estimate of drug-likeness (QED) is 0.770. The zero-order chi connectivity index (χ0) is 16.8. The van der Waals surface area contributed by atoms with Gasteiger partial charge in [0.2, 0.25) is 0 Å². The maximum Gasteiger partial charge on any atom is 0.267 e. The molecule has 1 saturated carbocycles. The molecule has 1 aliphatic heterocycles. The summed E-state index contributed by atoms with van der Waals surface area (Å²) in [6.45, 7) is 0.974. The van der Waals surface area contributed by atoms with Gasteiger partial charge in [-0.1, -0.05) is 0 Å². The number of anilines is 1. The van der Waals surface area contributed by atoms with Crippen LogP contribution in [0, 0.1) is 0 Å². The molecule has 4 heterocycles. The third-order valence-corrected chi connectivity index (χ3v) is 4.79. The van der Waals surface area contributed by atoms with Crippen LogP contribution < -0.4 is 10.9 Å². The summed E-state index contributed by atoms with van der Waals surface area (Å²) in [5, 5.41) is 12.5. The molecule has 0 bridgehead atoms. The van der Waals surface area contributed by atoms with Crippen LogP contribution in [0.3, 0.4) is 0 Å². The SMILES string of the molecule is O=c1ccc(C2CC2)nn1C1COCC1Nc1ccc2nccn2n1. The molecule has 2 unspecified atom stereocenters. The Morgan fingerprint density at radius 3 is 2.92 bits per heavy atom. The molecule has 8 nitrogen and oxygen atoms in total. The third kappa shape index (κ3) is 2.68. The van der Waals surface area contributed by atoms with Crippen molar-refractivity contribution in [3.05, 3.63) is 52.7 Å². The van der Waals surface area contributed by atoms with Crippen LogP contribution in [0.4, 0.5) is 5.82 Å². The number of nitrogens with zero attached hydrogens (tertiary/aromatic N) is 5. The molecule has 128 valence electrons. The smallest absolute Gasteiger partial charge is 0.267 e. The van der Waals surface area contributed by atoms with Crippen LogP contribution >= 0.6 is 0 Å². The van der Waals surface area contributed by atoms with Crippen LogP contribution in [-0.2, 0) is 4.74 Å². The minimum absolute atomic E-state index is 0.0619. The first-order chi connectivity index (χ1) is 12.3. The van der Waals surface area contributed by atoms with Gasteiger partial charge in [-0.25, -0.2) is 14.2 Å². The van der Waals surface area contributed by atoms with E-state index in [0.29, 0.717) is 19.1 Å². The Balaban J connectivity index is 1.43. The minimum atomic E-state index is -0.147. The number of nitrogens with one attached hydrogen (secondary N) is 1. The molecule has 1 N–H and O–H groups in total. The lowest BCUT2D eigenvalue weighted by Crippen LogP contribution is -2.37. The lowest BCUT2D eigenvalue weighted by atomic mass is 10.1. The van der Waals surface area contributed by atoms with Gasteiger partial charge in [0, 0.05) is 24.4 Å². The van der Waals surface area contributed by atoms with Crippen molar-refractivity contribution in [2.75, 3.05) is 18.5 Å². The summed E-state index contributed by atoms with van der Waals surface area (Å²) in [5.41, 5.74) is 1.70. The van der Waals surface area contributed by atoms with Gasteiger partial charge in [-0.15, -0.1) is 5.10 Å². The predicted octanol–water partition coefficient (Wildman–Crippen LogP) is 1.22. The number of hydrogen-bond acceptors (Lipinski definition) is 6. The number of aromatic nitrogens is 5. The molecule has 2 atom stereocenters. The Hall–Kier alpha value is -2.74. The molecule has 1 saturated heterocycles. The fourth-order valence-electron chi connectivity index (χ4n) is 3.28. The Kier molecular flexibility index (Phi) is 3.30. The predicted molar refractivity (Wildman–Crippen MR) is 90.7 cm³/mol. The molecule has 8 heteroatoms. The van der Waals surface area contributed by atoms with E-state index in [4.69, 9.17) is 4.74 Å². The summed E-state index contributed by atoms with van der Waals surface area (Å²) < 4.78 is 8.92. The Morgan fingerprint density at radius 1 is 1.12 bits per heavy atom. The van der Waals surface area contributed by atoms with Crippen LogP contribution in [0.25, 0.3) is 5.65 Å². The number of imidazole rings is 1. The lowest BCUT2D eigenvalue weighted by molar-refractivity contribution is 0.182. The van der Waals surface area contributed by atoms with Gasteiger partial charge in [0.05, 0.1) is 24.9 Å². The average Bonchev–Trinajstić information content (AvgIpc) is 3.19. The first-order valence-electron chi connectivity index (χ1n) is 8.52. The van der Waals surface area contributed by atoms with Gasteiger partial charge in [0.25, 0.3) is 5.56 Å². The molecule has 25 heavy (non-hydrogen) atoms. The van der Waals surface area contributed by atoms with Crippen molar-refractivity contribution in [2.45, 2.75) is 30.8 Å². The molecule has 0 aromatic carbocycles.